The van der Waals surface area contributed by atoms with Crippen molar-refractivity contribution in [3.8, 4) is 22.6 Å². The number of carbonyl (C=O) groups is 2. The Morgan fingerprint density at radius 3 is 2.15 bits per heavy atom. The maximum Gasteiger partial charge on any atom is 0.336 e. The summed E-state index contributed by atoms with van der Waals surface area (Å²) in [6, 6.07) is 21.8. The fraction of sp³-hybridized carbons (Fsp3) is 0.138. The van der Waals surface area contributed by atoms with Crippen molar-refractivity contribution in [3.63, 3.8) is 0 Å². The third-order valence-electron chi connectivity index (χ3n) is 6.08. The number of hydrogen-bond donors (Lipinski definition) is 2. The molecule has 4 aromatic carbocycles. The van der Waals surface area contributed by atoms with Gasteiger partial charge in [-0.05, 0) is 65.2 Å². The van der Waals surface area contributed by atoms with E-state index in [1.165, 1.54) is 11.0 Å². The van der Waals surface area contributed by atoms with Gasteiger partial charge >= 0.3 is 5.97 Å². The summed E-state index contributed by atoms with van der Waals surface area (Å²) in [5.41, 5.74) is 6.42. The number of amides is 1. The number of carboxylic acid groups (broad SMARTS) is 1. The molecule has 0 aliphatic rings. The lowest BCUT2D eigenvalue weighted by atomic mass is 9.86. The number of hydrogen-bond acceptors (Lipinski definition) is 5. The molecule has 4 aromatic rings. The van der Waals surface area contributed by atoms with E-state index in [0.717, 1.165) is 23.2 Å². The van der Waals surface area contributed by atoms with Crippen molar-refractivity contribution in [3.05, 3.63) is 90.0 Å². The van der Waals surface area contributed by atoms with Gasteiger partial charge in [0.1, 0.15) is 22.7 Å². The van der Waals surface area contributed by atoms with Crippen LogP contribution in [0.2, 0.25) is 0 Å². The van der Waals surface area contributed by atoms with E-state index >= 15 is 0 Å². The average molecular weight is 546 g/mol. The van der Waals surface area contributed by atoms with Gasteiger partial charge in [-0.3, -0.25) is 4.79 Å². The Morgan fingerprint density at radius 1 is 0.949 bits per heavy atom. The summed E-state index contributed by atoms with van der Waals surface area (Å²) in [4.78, 5) is 25.8. The summed E-state index contributed by atoms with van der Waals surface area (Å²) in [6.07, 6.45) is 1.10. The second-order valence-electron chi connectivity index (χ2n) is 9.14. The van der Waals surface area contributed by atoms with E-state index in [0.29, 0.717) is 16.9 Å². The van der Waals surface area contributed by atoms with Gasteiger partial charge in [-0.25, -0.2) is 4.79 Å². The molecule has 0 aliphatic heterocycles. The van der Waals surface area contributed by atoms with Gasteiger partial charge in [-0.2, -0.15) is 8.42 Å². The number of nitrogens with two attached hydrogens (primary N) is 1. The van der Waals surface area contributed by atoms with Crippen LogP contribution in [0, 0.1) is 0 Å². The van der Waals surface area contributed by atoms with Crippen LogP contribution >= 0.6 is 0 Å². The molecule has 0 radical (unpaired) electrons. The number of carboxylic acids is 1. The summed E-state index contributed by atoms with van der Waals surface area (Å²) >= 11 is 0. The molecule has 39 heavy (non-hydrogen) atoms. The fourth-order valence-corrected chi connectivity index (χ4v) is 5.12. The number of ether oxygens (including phenoxy) is 1. The van der Waals surface area contributed by atoms with E-state index in [-0.39, 0.29) is 16.9 Å². The molecule has 0 heterocycles. The second kappa shape index (κ2) is 11.0. The standard InChI is InChI=1S/C29H27N3O6S/c1-18(28(30)33)22-13-19-9-7-8-10-20(19)14-23(22)24-15-26(38-21-11-5-4-6-12-21)27(16-25(24)29(34)35)39(36,37)31-17-32(2)3/h4-18H,1-3H3,(H2,30,33)(H,34,35). The van der Waals surface area contributed by atoms with Crippen molar-refractivity contribution in [2.45, 2.75) is 17.7 Å². The second-order valence-corrected chi connectivity index (χ2v) is 10.7. The lowest BCUT2D eigenvalue weighted by Gasteiger charge is -2.19. The third-order valence-corrected chi connectivity index (χ3v) is 7.33. The van der Waals surface area contributed by atoms with Crippen LogP contribution in [0.5, 0.6) is 11.5 Å². The van der Waals surface area contributed by atoms with Crippen LogP contribution in [0.15, 0.2) is 88.2 Å². The molecule has 0 saturated carbocycles. The molecule has 0 bridgehead atoms. The van der Waals surface area contributed by atoms with Gasteiger partial charge in [0.05, 0.1) is 11.5 Å². The molecule has 1 amide bonds. The van der Waals surface area contributed by atoms with Crippen molar-refractivity contribution >= 4 is 39.0 Å². The van der Waals surface area contributed by atoms with Crippen LogP contribution in [0.3, 0.4) is 0 Å². The van der Waals surface area contributed by atoms with E-state index < -0.39 is 32.7 Å². The Labute approximate surface area is 226 Å². The molecule has 0 aliphatic carbocycles. The number of rotatable bonds is 9. The van der Waals surface area contributed by atoms with Crippen LogP contribution in [0.1, 0.15) is 28.8 Å². The number of carbonyl (C=O) groups excluding carboxylic acids is 1. The summed E-state index contributed by atoms with van der Waals surface area (Å²) in [5, 5.41) is 11.8. The molecular weight excluding hydrogens is 518 g/mol. The van der Waals surface area contributed by atoms with Gasteiger partial charge < -0.3 is 20.5 Å². The van der Waals surface area contributed by atoms with Crippen molar-refractivity contribution < 1.29 is 27.9 Å². The van der Waals surface area contributed by atoms with Gasteiger partial charge in [0.2, 0.25) is 5.91 Å². The van der Waals surface area contributed by atoms with E-state index in [1.54, 1.807) is 63.5 Å². The normalized spacial score (nSPS) is 12.4. The molecule has 0 fully saturated rings. The molecular formula is C29H27N3O6S. The smallest absolute Gasteiger partial charge is 0.336 e. The minimum absolute atomic E-state index is 0.122. The van der Waals surface area contributed by atoms with Crippen LogP contribution in [0.4, 0.5) is 0 Å². The highest BCUT2D eigenvalue weighted by Crippen LogP contribution is 2.41. The zero-order chi connectivity index (χ0) is 28.3. The van der Waals surface area contributed by atoms with Crippen LogP contribution in [0.25, 0.3) is 21.9 Å². The first-order valence-corrected chi connectivity index (χ1v) is 13.4. The predicted molar refractivity (Wildman–Crippen MR) is 150 cm³/mol. The number of primary amides is 1. The van der Waals surface area contributed by atoms with E-state index in [4.69, 9.17) is 10.5 Å². The highest BCUT2D eigenvalue weighted by molar-refractivity contribution is 7.90. The van der Waals surface area contributed by atoms with Crippen LogP contribution < -0.4 is 10.5 Å². The maximum atomic E-state index is 13.3. The van der Waals surface area contributed by atoms with Gasteiger partial charge in [0, 0.05) is 19.7 Å². The van der Waals surface area contributed by atoms with Crippen molar-refractivity contribution in [1.29, 1.82) is 0 Å². The van der Waals surface area contributed by atoms with Crippen LogP contribution in [-0.2, 0) is 14.8 Å². The molecule has 0 aromatic heterocycles. The molecule has 0 spiro atoms. The summed E-state index contributed by atoms with van der Waals surface area (Å²) in [5.74, 6) is -2.51. The first kappa shape index (κ1) is 27.3. The number of sulfonamides is 1. The molecule has 9 nitrogen and oxygen atoms in total. The zero-order valence-corrected chi connectivity index (χ0v) is 22.3. The van der Waals surface area contributed by atoms with E-state index in [1.807, 2.05) is 24.3 Å². The van der Waals surface area contributed by atoms with Gasteiger partial charge in [0.15, 0.2) is 0 Å². The number of benzene rings is 4. The summed E-state index contributed by atoms with van der Waals surface area (Å²) in [6.45, 7) is 1.63. The monoisotopic (exact) mass is 545 g/mol. The average Bonchev–Trinajstić information content (AvgIpc) is 2.91. The van der Waals surface area contributed by atoms with Crippen LogP contribution in [-0.4, -0.2) is 50.7 Å². The largest absolute Gasteiger partial charge is 0.478 e. The maximum absolute atomic E-state index is 13.3. The Morgan fingerprint density at radius 2 is 1.56 bits per heavy atom. The molecule has 1 unspecified atom stereocenters. The molecule has 1 atom stereocenters. The highest BCUT2D eigenvalue weighted by atomic mass is 32.2. The Hall–Kier alpha value is -4.70. The Kier molecular flexibility index (Phi) is 7.68. The number of para-hydroxylation sites is 1. The molecule has 4 rings (SSSR count). The SMILES string of the molecule is CC(C(N)=O)c1cc2ccccc2cc1-c1cc(Oc2ccccc2)c(S(=O)(=O)N=CN(C)C)cc1C(=O)O. The third kappa shape index (κ3) is 5.91. The first-order valence-electron chi connectivity index (χ1n) is 11.9. The number of aromatic carboxylic acids is 1. The van der Waals surface area contributed by atoms with Crippen molar-refractivity contribution in [1.82, 2.24) is 4.90 Å². The first-order chi connectivity index (χ1) is 18.5. The lowest BCUT2D eigenvalue weighted by Crippen LogP contribution is -2.19. The highest BCUT2D eigenvalue weighted by Gasteiger charge is 2.28. The van der Waals surface area contributed by atoms with Gasteiger partial charge in [0.25, 0.3) is 10.0 Å². The Balaban J connectivity index is 2.07. The lowest BCUT2D eigenvalue weighted by molar-refractivity contribution is -0.119. The Bertz CT molecular complexity index is 1700. The summed E-state index contributed by atoms with van der Waals surface area (Å²) < 4.78 is 36.2. The number of fused-ring (bicyclic) bond motifs is 1. The predicted octanol–water partition coefficient (Wildman–Crippen LogP) is 4.86. The topological polar surface area (TPSA) is 139 Å². The van der Waals surface area contributed by atoms with E-state index in [2.05, 4.69) is 4.40 Å². The minimum Gasteiger partial charge on any atom is -0.478 e. The molecule has 3 N–H and O–H groups in total. The van der Waals surface area contributed by atoms with Crippen molar-refractivity contribution in [2.24, 2.45) is 10.1 Å². The fourth-order valence-electron chi connectivity index (χ4n) is 4.07. The van der Waals surface area contributed by atoms with Gasteiger partial charge in [-0.1, -0.05) is 42.5 Å². The van der Waals surface area contributed by atoms with E-state index in [9.17, 15) is 23.1 Å². The number of nitrogens with zero attached hydrogens (tertiary/aromatic N) is 2. The zero-order valence-electron chi connectivity index (χ0n) is 21.5. The molecule has 10 heteroatoms. The molecule has 200 valence electrons. The summed E-state index contributed by atoms with van der Waals surface area (Å²) in [7, 11) is -1.16. The minimum atomic E-state index is -4.37. The quantitative estimate of drug-likeness (QED) is 0.226. The molecule has 0 saturated heterocycles. The van der Waals surface area contributed by atoms with Gasteiger partial charge in [-0.15, -0.1) is 4.40 Å². The van der Waals surface area contributed by atoms with Crippen molar-refractivity contribution in [2.75, 3.05) is 14.1 Å².